The van der Waals surface area contributed by atoms with Crippen LogP contribution in [-0.2, 0) is 11.3 Å². The van der Waals surface area contributed by atoms with Gasteiger partial charge in [0.05, 0.1) is 12.6 Å². The lowest BCUT2D eigenvalue weighted by molar-refractivity contribution is -0.136. The zero-order valence-electron chi connectivity index (χ0n) is 10.7. The molecule has 1 fully saturated rings. The highest BCUT2D eigenvalue weighted by Crippen LogP contribution is 2.17. The van der Waals surface area contributed by atoms with E-state index in [2.05, 4.69) is 0 Å². The molecule has 0 spiro atoms. The van der Waals surface area contributed by atoms with Gasteiger partial charge in [0.1, 0.15) is 12.2 Å². The van der Waals surface area contributed by atoms with Crippen molar-refractivity contribution >= 4 is 11.9 Å². The summed E-state index contributed by atoms with van der Waals surface area (Å²) in [7, 11) is 0. The van der Waals surface area contributed by atoms with Crippen LogP contribution in [0.25, 0.3) is 0 Å². The monoisotopic (exact) mass is 266 g/mol. The first-order valence-electron chi connectivity index (χ1n) is 6.42. The van der Waals surface area contributed by atoms with E-state index < -0.39 is 5.97 Å². The standard InChI is InChI=1S/C13H18N2O4/c16-9-10-4-1-2-7-15(10)12(17)8-14-6-3-5-11(14)13(18)19/h3,5-6,10,16H,1-2,4,7-9H2,(H,18,19). The first-order chi connectivity index (χ1) is 9.13. The first kappa shape index (κ1) is 13.6. The number of nitrogens with zero attached hydrogens (tertiary/aromatic N) is 2. The lowest BCUT2D eigenvalue weighted by atomic mass is 10.0. The summed E-state index contributed by atoms with van der Waals surface area (Å²) >= 11 is 0. The van der Waals surface area contributed by atoms with Gasteiger partial charge in [0.25, 0.3) is 0 Å². The average molecular weight is 266 g/mol. The summed E-state index contributed by atoms with van der Waals surface area (Å²) < 4.78 is 1.42. The van der Waals surface area contributed by atoms with Gasteiger partial charge in [-0.1, -0.05) is 0 Å². The summed E-state index contributed by atoms with van der Waals surface area (Å²) in [4.78, 5) is 24.8. The Morgan fingerprint density at radius 1 is 1.37 bits per heavy atom. The third kappa shape index (κ3) is 2.96. The molecule has 104 valence electrons. The van der Waals surface area contributed by atoms with Crippen LogP contribution in [0.3, 0.4) is 0 Å². The molecule has 6 heteroatoms. The minimum Gasteiger partial charge on any atom is -0.477 e. The third-order valence-electron chi connectivity index (χ3n) is 3.51. The Bertz CT molecular complexity index is 469. The summed E-state index contributed by atoms with van der Waals surface area (Å²) in [6.45, 7) is 0.599. The maximum absolute atomic E-state index is 12.2. The number of carbonyl (C=O) groups is 2. The Balaban J connectivity index is 2.07. The predicted molar refractivity (Wildman–Crippen MR) is 67.8 cm³/mol. The number of hydrogen-bond donors (Lipinski definition) is 2. The van der Waals surface area contributed by atoms with E-state index in [0.717, 1.165) is 19.3 Å². The topological polar surface area (TPSA) is 82.8 Å². The van der Waals surface area contributed by atoms with Crippen molar-refractivity contribution in [2.45, 2.75) is 31.8 Å². The molecule has 0 radical (unpaired) electrons. The van der Waals surface area contributed by atoms with E-state index in [4.69, 9.17) is 5.11 Å². The molecule has 2 rings (SSSR count). The van der Waals surface area contributed by atoms with Gasteiger partial charge in [0.15, 0.2) is 0 Å². The van der Waals surface area contributed by atoms with E-state index in [-0.39, 0.29) is 30.8 Å². The van der Waals surface area contributed by atoms with Crippen LogP contribution in [0.2, 0.25) is 0 Å². The number of carboxylic acid groups (broad SMARTS) is 1. The highest BCUT2D eigenvalue weighted by Gasteiger charge is 2.26. The van der Waals surface area contributed by atoms with Crippen LogP contribution in [0.1, 0.15) is 29.8 Å². The second-order valence-corrected chi connectivity index (χ2v) is 4.75. The largest absolute Gasteiger partial charge is 0.477 e. The van der Waals surface area contributed by atoms with Gasteiger partial charge in [-0.2, -0.15) is 0 Å². The number of piperidine rings is 1. The number of aliphatic hydroxyl groups excluding tert-OH is 1. The first-order valence-corrected chi connectivity index (χ1v) is 6.42. The van der Waals surface area contributed by atoms with Crippen molar-refractivity contribution in [2.75, 3.05) is 13.2 Å². The van der Waals surface area contributed by atoms with Crippen molar-refractivity contribution in [2.24, 2.45) is 0 Å². The van der Waals surface area contributed by atoms with Crippen molar-refractivity contribution in [3.8, 4) is 0 Å². The van der Waals surface area contributed by atoms with Crippen LogP contribution in [0.15, 0.2) is 18.3 Å². The molecule has 0 bridgehead atoms. The van der Waals surface area contributed by atoms with Crippen LogP contribution < -0.4 is 0 Å². The second-order valence-electron chi connectivity index (χ2n) is 4.75. The smallest absolute Gasteiger partial charge is 0.352 e. The molecule has 0 aromatic carbocycles. The fraction of sp³-hybridized carbons (Fsp3) is 0.538. The molecular formula is C13H18N2O4. The van der Waals surface area contributed by atoms with Gasteiger partial charge >= 0.3 is 5.97 Å². The van der Waals surface area contributed by atoms with Crippen molar-refractivity contribution in [3.05, 3.63) is 24.0 Å². The molecule has 1 unspecified atom stereocenters. The molecule has 1 aromatic rings. The molecule has 0 aliphatic carbocycles. The Hall–Kier alpha value is -1.82. The lowest BCUT2D eigenvalue weighted by Gasteiger charge is -2.34. The van der Waals surface area contributed by atoms with E-state index in [0.29, 0.717) is 6.54 Å². The lowest BCUT2D eigenvalue weighted by Crippen LogP contribution is -2.47. The molecule has 1 amide bonds. The second kappa shape index (κ2) is 5.88. The summed E-state index contributed by atoms with van der Waals surface area (Å²) in [5, 5.41) is 18.3. The molecule has 0 saturated carbocycles. The molecule has 1 aromatic heterocycles. The number of amides is 1. The van der Waals surface area contributed by atoms with Crippen LogP contribution in [0, 0.1) is 0 Å². The van der Waals surface area contributed by atoms with Gasteiger partial charge in [-0.05, 0) is 31.4 Å². The summed E-state index contributed by atoms with van der Waals surface area (Å²) in [6, 6.07) is 2.94. The molecule has 1 atom stereocenters. The van der Waals surface area contributed by atoms with Gasteiger partial charge in [-0.3, -0.25) is 4.79 Å². The van der Waals surface area contributed by atoms with E-state index in [1.54, 1.807) is 17.2 Å². The minimum absolute atomic E-state index is 0.00509. The number of carbonyl (C=O) groups excluding carboxylic acids is 1. The Labute approximate surface area is 111 Å². The van der Waals surface area contributed by atoms with Gasteiger partial charge in [0.2, 0.25) is 5.91 Å². The molecule has 1 saturated heterocycles. The van der Waals surface area contributed by atoms with Crippen LogP contribution in [0.4, 0.5) is 0 Å². The molecule has 1 aliphatic rings. The molecule has 1 aliphatic heterocycles. The minimum atomic E-state index is -1.05. The van der Waals surface area contributed by atoms with Crippen molar-refractivity contribution in [3.63, 3.8) is 0 Å². The summed E-state index contributed by atoms with van der Waals surface area (Å²) in [6.07, 6.45) is 4.33. The van der Waals surface area contributed by atoms with Crippen molar-refractivity contribution < 1.29 is 19.8 Å². The third-order valence-corrected chi connectivity index (χ3v) is 3.51. The van der Waals surface area contributed by atoms with Crippen LogP contribution >= 0.6 is 0 Å². The molecule has 19 heavy (non-hydrogen) atoms. The number of carboxylic acids is 1. The predicted octanol–water partition coefficient (Wildman–Crippen LogP) is 0.560. The average Bonchev–Trinajstić information content (AvgIpc) is 2.87. The number of likely N-dealkylation sites (tertiary alicyclic amines) is 1. The highest BCUT2D eigenvalue weighted by atomic mass is 16.4. The molecule has 2 N–H and O–H groups in total. The SMILES string of the molecule is O=C(O)c1cccn1CC(=O)N1CCCCC1CO. The van der Waals surface area contributed by atoms with Gasteiger partial charge in [0, 0.05) is 12.7 Å². The van der Waals surface area contributed by atoms with Crippen LogP contribution in [0.5, 0.6) is 0 Å². The zero-order chi connectivity index (χ0) is 13.8. The summed E-state index contributed by atoms with van der Waals surface area (Å²) in [5.74, 6) is -1.19. The Kier molecular flexibility index (Phi) is 4.21. The number of aromatic nitrogens is 1. The van der Waals surface area contributed by atoms with Crippen LogP contribution in [-0.4, -0.2) is 50.8 Å². The normalized spacial score (nSPS) is 19.4. The molecule has 2 heterocycles. The van der Waals surface area contributed by atoms with E-state index in [9.17, 15) is 14.7 Å². The van der Waals surface area contributed by atoms with Gasteiger partial charge in [-0.15, -0.1) is 0 Å². The van der Waals surface area contributed by atoms with Gasteiger partial charge in [-0.25, -0.2) is 4.79 Å². The maximum atomic E-state index is 12.2. The summed E-state index contributed by atoms with van der Waals surface area (Å²) in [5.41, 5.74) is 0.103. The van der Waals surface area contributed by atoms with Crippen molar-refractivity contribution in [1.29, 1.82) is 0 Å². The van der Waals surface area contributed by atoms with E-state index >= 15 is 0 Å². The number of aliphatic hydroxyl groups is 1. The maximum Gasteiger partial charge on any atom is 0.352 e. The molecular weight excluding hydrogens is 248 g/mol. The zero-order valence-corrected chi connectivity index (χ0v) is 10.7. The highest BCUT2D eigenvalue weighted by molar-refractivity contribution is 5.87. The van der Waals surface area contributed by atoms with Gasteiger partial charge < -0.3 is 19.7 Å². The Morgan fingerprint density at radius 2 is 2.16 bits per heavy atom. The number of aromatic carboxylic acids is 1. The fourth-order valence-corrected chi connectivity index (χ4v) is 2.50. The molecule has 6 nitrogen and oxygen atoms in total. The quantitative estimate of drug-likeness (QED) is 0.834. The van der Waals surface area contributed by atoms with E-state index in [1.165, 1.54) is 10.6 Å². The fourth-order valence-electron chi connectivity index (χ4n) is 2.50. The number of rotatable bonds is 4. The number of hydrogen-bond acceptors (Lipinski definition) is 3. The van der Waals surface area contributed by atoms with Crippen molar-refractivity contribution in [1.82, 2.24) is 9.47 Å². The van der Waals surface area contributed by atoms with E-state index in [1.807, 2.05) is 0 Å². The Morgan fingerprint density at radius 3 is 2.84 bits per heavy atom.